The van der Waals surface area contributed by atoms with Gasteiger partial charge in [-0.25, -0.2) is 0 Å². The summed E-state index contributed by atoms with van der Waals surface area (Å²) in [5.74, 6) is 0. The molecule has 0 amide bonds. The number of ether oxygens (including phenoxy) is 1. The molecule has 0 saturated heterocycles. The van der Waals surface area contributed by atoms with E-state index in [1.54, 1.807) is 7.11 Å². The van der Waals surface area contributed by atoms with Gasteiger partial charge in [0.1, 0.15) is 0 Å². The van der Waals surface area contributed by atoms with Crippen molar-refractivity contribution >= 4 is 0 Å². The van der Waals surface area contributed by atoms with Crippen LogP contribution in [0.3, 0.4) is 0 Å². The Bertz CT molecular complexity index is 337. The third kappa shape index (κ3) is 4.49. The average Bonchev–Trinajstić information content (AvgIpc) is 2.24. The maximum Gasteiger partial charge on any atom is 0.0587 e. The van der Waals surface area contributed by atoms with Crippen LogP contribution in [0, 0.1) is 20.8 Å². The van der Waals surface area contributed by atoms with E-state index >= 15 is 0 Å². The molecule has 2 nitrogen and oxygen atoms in total. The molecule has 1 atom stereocenters. The number of hydrogen-bond acceptors (Lipinski definition) is 2. The summed E-state index contributed by atoms with van der Waals surface area (Å²) in [5.41, 5.74) is 5.64. The molecule has 1 N–H and O–H groups in total. The minimum absolute atomic E-state index is 0.491. The zero-order chi connectivity index (χ0) is 12.8. The van der Waals surface area contributed by atoms with Crippen molar-refractivity contribution in [2.24, 2.45) is 0 Å². The number of methoxy groups -OCH3 is 1. The van der Waals surface area contributed by atoms with Crippen LogP contribution < -0.4 is 5.32 Å². The number of aryl methyl sites for hydroxylation is 3. The lowest BCUT2D eigenvalue weighted by molar-refractivity contribution is 0.196. The standard InChI is InChI=1S/C15H25NO/c1-11-8-12(2)15(13(3)9-11)10-14(4)16-6-7-17-5/h8-9,14,16H,6-7,10H2,1-5H3. The van der Waals surface area contributed by atoms with Gasteiger partial charge in [-0.3, -0.25) is 0 Å². The first kappa shape index (κ1) is 14.2. The van der Waals surface area contributed by atoms with E-state index in [1.807, 2.05) is 0 Å². The van der Waals surface area contributed by atoms with Gasteiger partial charge in [-0.1, -0.05) is 17.7 Å². The Hall–Kier alpha value is -0.860. The molecule has 0 radical (unpaired) electrons. The molecule has 0 aromatic heterocycles. The number of benzene rings is 1. The van der Waals surface area contributed by atoms with Crippen molar-refractivity contribution in [3.63, 3.8) is 0 Å². The summed E-state index contributed by atoms with van der Waals surface area (Å²) >= 11 is 0. The molecule has 0 fully saturated rings. The topological polar surface area (TPSA) is 21.3 Å². The lowest BCUT2D eigenvalue weighted by atomic mass is 9.95. The zero-order valence-electron chi connectivity index (χ0n) is 11.8. The van der Waals surface area contributed by atoms with Crippen molar-refractivity contribution in [3.05, 3.63) is 34.4 Å². The molecule has 0 saturated carbocycles. The quantitative estimate of drug-likeness (QED) is 0.766. The highest BCUT2D eigenvalue weighted by molar-refractivity contribution is 5.37. The summed E-state index contributed by atoms with van der Waals surface area (Å²) in [6.07, 6.45) is 1.08. The molecule has 0 aliphatic carbocycles. The highest BCUT2D eigenvalue weighted by Gasteiger charge is 2.08. The van der Waals surface area contributed by atoms with Crippen molar-refractivity contribution < 1.29 is 4.74 Å². The molecule has 0 heterocycles. The van der Waals surface area contributed by atoms with Gasteiger partial charge >= 0.3 is 0 Å². The van der Waals surface area contributed by atoms with Crippen molar-refractivity contribution in [3.8, 4) is 0 Å². The maximum absolute atomic E-state index is 5.04. The Kier molecular flexibility index (Phi) is 5.66. The molecule has 1 aromatic rings. The largest absolute Gasteiger partial charge is 0.383 e. The van der Waals surface area contributed by atoms with Crippen molar-refractivity contribution in [1.29, 1.82) is 0 Å². The van der Waals surface area contributed by atoms with Gasteiger partial charge in [0.05, 0.1) is 6.61 Å². The normalized spacial score (nSPS) is 12.8. The molecule has 17 heavy (non-hydrogen) atoms. The summed E-state index contributed by atoms with van der Waals surface area (Å²) in [6, 6.07) is 5.03. The van der Waals surface area contributed by atoms with Gasteiger partial charge in [0.15, 0.2) is 0 Å². The van der Waals surface area contributed by atoms with Gasteiger partial charge in [0, 0.05) is 19.7 Å². The van der Waals surface area contributed by atoms with Gasteiger partial charge in [0.2, 0.25) is 0 Å². The zero-order valence-corrected chi connectivity index (χ0v) is 11.8. The van der Waals surface area contributed by atoms with E-state index in [0.29, 0.717) is 6.04 Å². The molecule has 0 spiro atoms. The summed E-state index contributed by atoms with van der Waals surface area (Å²) in [4.78, 5) is 0. The summed E-state index contributed by atoms with van der Waals surface area (Å²) in [5, 5.41) is 3.48. The summed E-state index contributed by atoms with van der Waals surface area (Å²) in [6.45, 7) is 10.5. The fourth-order valence-electron chi connectivity index (χ4n) is 2.32. The molecular weight excluding hydrogens is 210 g/mol. The maximum atomic E-state index is 5.04. The van der Waals surface area contributed by atoms with E-state index in [9.17, 15) is 0 Å². The molecule has 1 aromatic carbocycles. The number of rotatable bonds is 6. The number of nitrogens with one attached hydrogen (secondary N) is 1. The minimum Gasteiger partial charge on any atom is -0.383 e. The monoisotopic (exact) mass is 235 g/mol. The Morgan fingerprint density at radius 3 is 2.29 bits per heavy atom. The Morgan fingerprint density at radius 2 is 1.76 bits per heavy atom. The predicted molar refractivity (Wildman–Crippen MR) is 73.7 cm³/mol. The second kappa shape index (κ2) is 6.77. The van der Waals surface area contributed by atoms with E-state index < -0.39 is 0 Å². The molecular formula is C15H25NO. The first-order chi connectivity index (χ1) is 8.04. The first-order valence-electron chi connectivity index (χ1n) is 6.33. The summed E-state index contributed by atoms with van der Waals surface area (Å²) in [7, 11) is 1.74. The van der Waals surface area contributed by atoms with Gasteiger partial charge in [-0.2, -0.15) is 0 Å². The van der Waals surface area contributed by atoms with Crippen LogP contribution in [0.25, 0.3) is 0 Å². The third-order valence-electron chi connectivity index (χ3n) is 3.15. The highest BCUT2D eigenvalue weighted by Crippen LogP contribution is 2.17. The molecule has 1 rings (SSSR count). The molecule has 96 valence electrons. The Labute approximate surface area is 105 Å². The fourth-order valence-corrected chi connectivity index (χ4v) is 2.32. The molecule has 0 aliphatic rings. The van der Waals surface area contributed by atoms with Gasteiger partial charge in [0.25, 0.3) is 0 Å². The van der Waals surface area contributed by atoms with Crippen molar-refractivity contribution in [1.82, 2.24) is 5.32 Å². The third-order valence-corrected chi connectivity index (χ3v) is 3.15. The van der Waals surface area contributed by atoms with Crippen LogP contribution in [-0.4, -0.2) is 26.3 Å². The lowest BCUT2D eigenvalue weighted by Crippen LogP contribution is -2.31. The Morgan fingerprint density at radius 1 is 1.18 bits per heavy atom. The van der Waals surface area contributed by atoms with Crippen LogP contribution in [0.15, 0.2) is 12.1 Å². The van der Waals surface area contributed by atoms with E-state index in [4.69, 9.17) is 4.74 Å². The first-order valence-corrected chi connectivity index (χ1v) is 6.33. The van der Waals surface area contributed by atoms with Crippen molar-refractivity contribution in [2.45, 2.75) is 40.2 Å². The average molecular weight is 235 g/mol. The van der Waals surface area contributed by atoms with Gasteiger partial charge < -0.3 is 10.1 Å². The van der Waals surface area contributed by atoms with Crippen LogP contribution in [0.4, 0.5) is 0 Å². The second-order valence-corrected chi connectivity index (χ2v) is 4.93. The van der Waals surface area contributed by atoms with E-state index in [0.717, 1.165) is 19.6 Å². The molecule has 0 aliphatic heterocycles. The minimum atomic E-state index is 0.491. The van der Waals surface area contributed by atoms with E-state index in [-0.39, 0.29) is 0 Å². The van der Waals surface area contributed by atoms with Crippen LogP contribution in [0.2, 0.25) is 0 Å². The Balaban J connectivity index is 2.61. The second-order valence-electron chi connectivity index (χ2n) is 4.93. The van der Waals surface area contributed by atoms with E-state index in [1.165, 1.54) is 22.3 Å². The highest BCUT2D eigenvalue weighted by atomic mass is 16.5. The van der Waals surface area contributed by atoms with Crippen LogP contribution >= 0.6 is 0 Å². The van der Waals surface area contributed by atoms with Crippen LogP contribution in [0.1, 0.15) is 29.2 Å². The predicted octanol–water partition coefficient (Wildman–Crippen LogP) is 2.78. The smallest absolute Gasteiger partial charge is 0.0587 e. The lowest BCUT2D eigenvalue weighted by Gasteiger charge is -2.17. The summed E-state index contributed by atoms with van der Waals surface area (Å²) < 4.78 is 5.04. The van der Waals surface area contributed by atoms with Crippen molar-refractivity contribution in [2.75, 3.05) is 20.3 Å². The number of hydrogen-bond donors (Lipinski definition) is 1. The SMILES string of the molecule is COCCNC(C)Cc1c(C)cc(C)cc1C. The molecule has 1 unspecified atom stereocenters. The van der Waals surface area contributed by atoms with Gasteiger partial charge in [-0.15, -0.1) is 0 Å². The van der Waals surface area contributed by atoms with Gasteiger partial charge in [-0.05, 0) is 50.8 Å². The van der Waals surface area contributed by atoms with Crippen LogP contribution in [-0.2, 0) is 11.2 Å². The molecule has 0 bridgehead atoms. The molecule has 2 heteroatoms. The van der Waals surface area contributed by atoms with Crippen LogP contribution in [0.5, 0.6) is 0 Å². The fraction of sp³-hybridized carbons (Fsp3) is 0.600. The van der Waals surface area contributed by atoms with E-state index in [2.05, 4.69) is 45.1 Å².